The van der Waals surface area contributed by atoms with Crippen LogP contribution in [0.25, 0.3) is 0 Å². The summed E-state index contributed by atoms with van der Waals surface area (Å²) in [4.78, 5) is 25.6. The first kappa shape index (κ1) is 31.9. The van der Waals surface area contributed by atoms with Crippen LogP contribution in [-0.4, -0.2) is 46.7 Å². The van der Waals surface area contributed by atoms with Gasteiger partial charge in [0.05, 0.1) is 39.5 Å². The van der Waals surface area contributed by atoms with Crippen molar-refractivity contribution < 1.29 is 37.1 Å². The maximum absolute atomic E-state index is 14.1. The lowest BCUT2D eigenvalue weighted by Gasteiger charge is -2.39. The highest BCUT2D eigenvalue weighted by atomic mass is 31.2. The van der Waals surface area contributed by atoms with Gasteiger partial charge in [0.2, 0.25) is 0 Å². The Morgan fingerprint density at radius 1 is 0.816 bits per heavy atom. The van der Waals surface area contributed by atoms with Gasteiger partial charge in [0.25, 0.3) is 0 Å². The van der Waals surface area contributed by atoms with Gasteiger partial charge in [0.1, 0.15) is 6.10 Å². The fraction of sp³-hybridized carbons (Fsp3) is 0.500. The van der Waals surface area contributed by atoms with E-state index in [-0.39, 0.29) is 30.8 Å². The minimum atomic E-state index is -3.85. The molecular formula is C28H41O8PSi. The third-order valence-corrected chi connectivity index (χ3v) is 13.1. The minimum Gasteiger partial charge on any atom is -0.469 e. The Hall–Kier alpha value is -2.29. The van der Waals surface area contributed by atoms with Crippen molar-refractivity contribution in [2.24, 2.45) is 5.92 Å². The zero-order chi connectivity index (χ0) is 28.4. The van der Waals surface area contributed by atoms with Gasteiger partial charge in [0.15, 0.2) is 8.32 Å². The van der Waals surface area contributed by atoms with Gasteiger partial charge in [-0.1, -0.05) is 81.4 Å². The van der Waals surface area contributed by atoms with Crippen molar-refractivity contribution in [2.75, 3.05) is 20.4 Å². The van der Waals surface area contributed by atoms with E-state index in [0.29, 0.717) is 0 Å². The normalized spacial score (nSPS) is 14.0. The van der Waals surface area contributed by atoms with Crippen LogP contribution in [-0.2, 0) is 50.3 Å². The first-order chi connectivity index (χ1) is 17.8. The Morgan fingerprint density at radius 2 is 1.26 bits per heavy atom. The van der Waals surface area contributed by atoms with Crippen molar-refractivity contribution in [1.29, 1.82) is 0 Å². The SMILES string of the molecule is COC(=O)[C@H](C[C@@H](O[Si](C)(C)C(C)(C)C)C(=O)OC)CP(=O)(OCc1ccccc1)OCc1ccccc1. The van der Waals surface area contributed by atoms with E-state index in [1.54, 1.807) is 0 Å². The zero-order valence-corrected chi connectivity index (χ0v) is 25.4. The summed E-state index contributed by atoms with van der Waals surface area (Å²) in [6.07, 6.45) is -1.41. The number of benzene rings is 2. The lowest BCUT2D eigenvalue weighted by Crippen LogP contribution is -2.47. The highest BCUT2D eigenvalue weighted by Crippen LogP contribution is 2.52. The molecule has 38 heavy (non-hydrogen) atoms. The molecule has 0 saturated carbocycles. The fourth-order valence-corrected chi connectivity index (χ4v) is 6.51. The number of esters is 2. The van der Waals surface area contributed by atoms with Crippen LogP contribution in [0.3, 0.4) is 0 Å². The molecule has 0 aromatic heterocycles. The fourth-order valence-electron chi connectivity index (χ4n) is 3.43. The van der Waals surface area contributed by atoms with Crippen LogP contribution >= 0.6 is 7.60 Å². The highest BCUT2D eigenvalue weighted by Gasteiger charge is 2.43. The standard InChI is InChI=1S/C28H41O8PSi/c1-28(2,3)38(6,7)36-25(27(30)33-5)18-24(26(29)32-4)21-37(31,34-19-22-14-10-8-11-15-22)35-20-23-16-12-9-13-17-23/h8-17,24-25H,18-21H2,1-7H3/t24-,25-/m1/s1. The van der Waals surface area contributed by atoms with Crippen LogP contribution in [0.1, 0.15) is 38.3 Å². The molecule has 0 amide bonds. The summed E-state index contributed by atoms with van der Waals surface area (Å²) >= 11 is 0. The van der Waals surface area contributed by atoms with E-state index < -0.39 is 39.9 Å². The molecule has 0 aliphatic heterocycles. The van der Waals surface area contributed by atoms with E-state index in [0.717, 1.165) is 11.1 Å². The van der Waals surface area contributed by atoms with Crippen molar-refractivity contribution >= 4 is 27.9 Å². The third-order valence-electron chi connectivity index (χ3n) is 6.73. The van der Waals surface area contributed by atoms with Crippen molar-refractivity contribution in [3.8, 4) is 0 Å². The van der Waals surface area contributed by atoms with E-state index in [1.807, 2.05) is 94.5 Å². The summed E-state index contributed by atoms with van der Waals surface area (Å²) in [7, 11) is -3.75. The molecule has 0 fully saturated rings. The van der Waals surface area contributed by atoms with Crippen LogP contribution in [0.4, 0.5) is 0 Å². The van der Waals surface area contributed by atoms with E-state index in [4.69, 9.17) is 22.9 Å². The summed E-state index contributed by atoms with van der Waals surface area (Å²) in [5, 5.41) is -0.188. The van der Waals surface area contributed by atoms with E-state index >= 15 is 0 Å². The molecule has 0 saturated heterocycles. The second-order valence-corrected chi connectivity index (χ2v) is 17.5. The molecule has 210 valence electrons. The van der Waals surface area contributed by atoms with Crippen LogP contribution in [0.5, 0.6) is 0 Å². The molecule has 0 unspecified atom stereocenters. The first-order valence-corrected chi connectivity index (χ1v) is 17.2. The molecule has 2 atom stereocenters. The van der Waals surface area contributed by atoms with Crippen molar-refractivity contribution in [1.82, 2.24) is 0 Å². The predicted molar refractivity (Wildman–Crippen MR) is 149 cm³/mol. The van der Waals surface area contributed by atoms with E-state index in [1.165, 1.54) is 14.2 Å². The minimum absolute atomic E-state index is 0.0295. The Labute approximate surface area is 227 Å². The van der Waals surface area contributed by atoms with Gasteiger partial charge >= 0.3 is 19.5 Å². The Kier molecular flexibility index (Phi) is 11.9. The van der Waals surface area contributed by atoms with Crippen LogP contribution in [0, 0.1) is 5.92 Å². The van der Waals surface area contributed by atoms with E-state index in [2.05, 4.69) is 0 Å². The smallest absolute Gasteiger partial charge is 0.333 e. The second-order valence-electron chi connectivity index (χ2n) is 10.7. The third kappa shape index (κ3) is 9.78. The maximum atomic E-state index is 14.1. The summed E-state index contributed by atoms with van der Waals surface area (Å²) < 4.78 is 42.1. The molecule has 0 spiro atoms. The summed E-state index contributed by atoms with van der Waals surface area (Å²) in [5.74, 6) is -2.23. The Morgan fingerprint density at radius 3 is 1.66 bits per heavy atom. The molecule has 0 heterocycles. The molecule has 0 N–H and O–H groups in total. The summed E-state index contributed by atoms with van der Waals surface area (Å²) in [5.41, 5.74) is 1.61. The summed E-state index contributed by atoms with van der Waals surface area (Å²) in [6, 6.07) is 18.5. The van der Waals surface area contributed by atoms with Gasteiger partial charge in [-0.25, -0.2) is 4.79 Å². The van der Waals surface area contributed by atoms with Gasteiger partial charge in [-0.05, 0) is 35.7 Å². The predicted octanol–water partition coefficient (Wildman–Crippen LogP) is 6.36. The molecular weight excluding hydrogens is 523 g/mol. The van der Waals surface area contributed by atoms with Gasteiger partial charge in [-0.3, -0.25) is 9.36 Å². The quantitative estimate of drug-likeness (QED) is 0.149. The summed E-state index contributed by atoms with van der Waals surface area (Å²) in [6.45, 7) is 10.2. The molecule has 2 aromatic rings. The molecule has 2 aromatic carbocycles. The second kappa shape index (κ2) is 14.2. The van der Waals surface area contributed by atoms with Crippen molar-refractivity contribution in [2.45, 2.75) is 64.6 Å². The topological polar surface area (TPSA) is 97.4 Å². The molecule has 0 aliphatic rings. The van der Waals surface area contributed by atoms with Crippen molar-refractivity contribution in [3.05, 3.63) is 71.8 Å². The van der Waals surface area contributed by atoms with Crippen LogP contribution in [0.15, 0.2) is 60.7 Å². The van der Waals surface area contributed by atoms with Crippen LogP contribution in [0.2, 0.25) is 18.1 Å². The molecule has 2 rings (SSSR count). The van der Waals surface area contributed by atoms with E-state index in [9.17, 15) is 14.2 Å². The Balaban J connectivity index is 2.33. The number of carbonyl (C=O) groups excluding carboxylic acids is 2. The largest absolute Gasteiger partial charge is 0.469 e. The average molecular weight is 565 g/mol. The number of methoxy groups -OCH3 is 2. The van der Waals surface area contributed by atoms with Gasteiger partial charge < -0.3 is 22.9 Å². The number of hydrogen-bond donors (Lipinski definition) is 0. The first-order valence-electron chi connectivity index (χ1n) is 12.6. The average Bonchev–Trinajstić information content (AvgIpc) is 2.89. The van der Waals surface area contributed by atoms with Crippen molar-refractivity contribution in [3.63, 3.8) is 0 Å². The number of rotatable bonds is 14. The zero-order valence-electron chi connectivity index (χ0n) is 23.5. The Bertz CT molecular complexity index is 1020. The van der Waals surface area contributed by atoms with Gasteiger partial charge in [-0.15, -0.1) is 0 Å². The molecule has 0 radical (unpaired) electrons. The molecule has 8 nitrogen and oxygen atoms in total. The number of carbonyl (C=O) groups is 2. The maximum Gasteiger partial charge on any atom is 0.333 e. The van der Waals surface area contributed by atoms with Gasteiger partial charge in [-0.2, -0.15) is 0 Å². The number of hydrogen-bond acceptors (Lipinski definition) is 8. The van der Waals surface area contributed by atoms with Crippen LogP contribution < -0.4 is 0 Å². The molecule has 0 aliphatic carbocycles. The number of ether oxygens (including phenoxy) is 2. The molecule has 10 heteroatoms. The van der Waals surface area contributed by atoms with Gasteiger partial charge in [0, 0.05) is 0 Å². The highest BCUT2D eigenvalue weighted by molar-refractivity contribution is 7.53. The lowest BCUT2D eigenvalue weighted by atomic mass is 10.0. The molecule has 0 bridgehead atoms. The monoisotopic (exact) mass is 564 g/mol. The lowest BCUT2D eigenvalue weighted by molar-refractivity contribution is -0.152.